The maximum Gasteiger partial charge on any atom is 0.327 e. The molecule has 2 rings (SSSR count). The third-order valence-corrected chi connectivity index (χ3v) is 4.00. The van der Waals surface area contributed by atoms with Crippen molar-refractivity contribution in [1.82, 2.24) is 9.80 Å². The molecule has 0 unspecified atom stereocenters. The minimum atomic E-state index is -0.964. The number of carbonyl (C=O) groups excluding carboxylic acids is 1. The van der Waals surface area contributed by atoms with Gasteiger partial charge in [0.05, 0.1) is 7.11 Å². The number of hydrogen-bond acceptors (Lipinski definition) is 3. The van der Waals surface area contributed by atoms with Crippen molar-refractivity contribution in [2.24, 2.45) is 5.41 Å². The standard InChI is InChI=1S/C17H24N2O4/c1-17(2,3)14(15(20)21)19-9-8-18(16(19)22)11-12-6-5-7-13(10-12)23-4/h5-7,10,14H,8-9,11H2,1-4H3,(H,20,21)/t14-/m1/s1. The first kappa shape index (κ1) is 17.1. The summed E-state index contributed by atoms with van der Waals surface area (Å²) in [4.78, 5) is 27.4. The van der Waals surface area contributed by atoms with Gasteiger partial charge in [-0.1, -0.05) is 32.9 Å². The van der Waals surface area contributed by atoms with E-state index in [4.69, 9.17) is 4.74 Å². The highest BCUT2D eigenvalue weighted by atomic mass is 16.5. The van der Waals surface area contributed by atoms with Gasteiger partial charge in [0.1, 0.15) is 11.8 Å². The summed E-state index contributed by atoms with van der Waals surface area (Å²) in [6, 6.07) is 6.48. The van der Waals surface area contributed by atoms with Crippen LogP contribution in [0, 0.1) is 5.41 Å². The van der Waals surface area contributed by atoms with Crippen molar-refractivity contribution in [2.45, 2.75) is 33.4 Å². The van der Waals surface area contributed by atoms with Crippen molar-refractivity contribution >= 4 is 12.0 Å². The summed E-state index contributed by atoms with van der Waals surface area (Å²) in [6.07, 6.45) is 0. The second-order valence-electron chi connectivity index (χ2n) is 6.86. The van der Waals surface area contributed by atoms with Gasteiger partial charge < -0.3 is 19.6 Å². The average molecular weight is 320 g/mol. The molecule has 0 saturated carbocycles. The number of aliphatic carboxylic acids is 1. The van der Waals surface area contributed by atoms with Crippen LogP contribution in [0.2, 0.25) is 0 Å². The lowest BCUT2D eigenvalue weighted by Gasteiger charge is -2.34. The van der Waals surface area contributed by atoms with Crippen LogP contribution in [-0.2, 0) is 11.3 Å². The van der Waals surface area contributed by atoms with E-state index in [0.717, 1.165) is 11.3 Å². The molecule has 23 heavy (non-hydrogen) atoms. The zero-order chi connectivity index (χ0) is 17.2. The zero-order valence-electron chi connectivity index (χ0n) is 14.1. The number of nitrogens with zero attached hydrogens (tertiary/aromatic N) is 2. The van der Waals surface area contributed by atoms with Gasteiger partial charge in [-0.3, -0.25) is 0 Å². The Morgan fingerprint density at radius 3 is 2.61 bits per heavy atom. The molecular weight excluding hydrogens is 296 g/mol. The van der Waals surface area contributed by atoms with E-state index in [2.05, 4.69) is 0 Å². The third kappa shape index (κ3) is 3.75. The van der Waals surface area contributed by atoms with Crippen LogP contribution in [-0.4, -0.2) is 53.1 Å². The van der Waals surface area contributed by atoms with Crippen LogP contribution >= 0.6 is 0 Å². The van der Waals surface area contributed by atoms with Crippen LogP contribution < -0.4 is 4.74 Å². The number of ether oxygens (including phenoxy) is 1. The highest BCUT2D eigenvalue weighted by Gasteiger charge is 2.43. The number of urea groups is 1. The fourth-order valence-electron chi connectivity index (χ4n) is 2.95. The molecule has 6 heteroatoms. The van der Waals surface area contributed by atoms with E-state index in [0.29, 0.717) is 19.6 Å². The molecule has 1 aromatic carbocycles. The van der Waals surface area contributed by atoms with E-state index in [1.807, 2.05) is 45.0 Å². The second-order valence-corrected chi connectivity index (χ2v) is 6.86. The smallest absolute Gasteiger partial charge is 0.327 e. The summed E-state index contributed by atoms with van der Waals surface area (Å²) < 4.78 is 5.19. The van der Waals surface area contributed by atoms with Crippen LogP contribution in [0.1, 0.15) is 26.3 Å². The van der Waals surface area contributed by atoms with Gasteiger partial charge in [-0.15, -0.1) is 0 Å². The Labute approximate surface area is 136 Å². The molecular formula is C17H24N2O4. The Balaban J connectivity index is 2.13. The summed E-state index contributed by atoms with van der Waals surface area (Å²) in [7, 11) is 1.60. The van der Waals surface area contributed by atoms with Gasteiger partial charge in [-0.05, 0) is 23.1 Å². The summed E-state index contributed by atoms with van der Waals surface area (Å²) in [5.41, 5.74) is 0.440. The van der Waals surface area contributed by atoms with Crippen LogP contribution in [0.15, 0.2) is 24.3 Å². The molecule has 0 radical (unpaired) electrons. The predicted molar refractivity (Wildman–Crippen MR) is 86.4 cm³/mol. The van der Waals surface area contributed by atoms with E-state index in [1.54, 1.807) is 12.0 Å². The molecule has 1 aliphatic rings. The monoisotopic (exact) mass is 320 g/mol. The lowest BCUT2D eigenvalue weighted by atomic mass is 9.86. The fraction of sp³-hybridized carbons (Fsp3) is 0.529. The lowest BCUT2D eigenvalue weighted by Crippen LogP contribution is -2.50. The SMILES string of the molecule is COc1cccc(CN2CCN([C@H](C(=O)O)C(C)(C)C)C2=O)c1. The van der Waals surface area contributed by atoms with E-state index >= 15 is 0 Å². The number of hydrogen-bond donors (Lipinski definition) is 1. The topological polar surface area (TPSA) is 70.1 Å². The molecule has 0 spiro atoms. The lowest BCUT2D eigenvalue weighted by molar-refractivity contribution is -0.145. The summed E-state index contributed by atoms with van der Waals surface area (Å²) in [6.45, 7) is 6.91. The number of methoxy groups -OCH3 is 1. The molecule has 2 amide bonds. The molecule has 0 aliphatic carbocycles. The number of carbonyl (C=O) groups is 2. The van der Waals surface area contributed by atoms with Gasteiger partial charge in [0.2, 0.25) is 0 Å². The largest absolute Gasteiger partial charge is 0.497 e. The maximum atomic E-state index is 12.6. The Kier molecular flexibility index (Phi) is 4.82. The van der Waals surface area contributed by atoms with Crippen LogP contribution in [0.4, 0.5) is 4.79 Å². The summed E-state index contributed by atoms with van der Waals surface area (Å²) in [5, 5.41) is 9.50. The Hall–Kier alpha value is -2.24. The van der Waals surface area contributed by atoms with Gasteiger partial charge in [-0.25, -0.2) is 9.59 Å². The fourth-order valence-corrected chi connectivity index (χ4v) is 2.95. The minimum absolute atomic E-state index is 0.227. The average Bonchev–Trinajstić information content (AvgIpc) is 2.79. The number of carboxylic acids is 1. The van der Waals surface area contributed by atoms with E-state index in [1.165, 1.54) is 4.90 Å². The second kappa shape index (κ2) is 6.48. The van der Waals surface area contributed by atoms with Crippen molar-refractivity contribution in [3.8, 4) is 5.75 Å². The van der Waals surface area contributed by atoms with Crippen molar-refractivity contribution in [3.05, 3.63) is 29.8 Å². The number of rotatable bonds is 5. The van der Waals surface area contributed by atoms with Crippen LogP contribution in [0.3, 0.4) is 0 Å². The number of amides is 2. The van der Waals surface area contributed by atoms with Crippen LogP contribution in [0.5, 0.6) is 5.75 Å². The first-order valence-electron chi connectivity index (χ1n) is 7.65. The predicted octanol–water partition coefficient (Wildman–Crippen LogP) is 2.43. The summed E-state index contributed by atoms with van der Waals surface area (Å²) >= 11 is 0. The Morgan fingerprint density at radius 2 is 2.04 bits per heavy atom. The molecule has 1 atom stereocenters. The molecule has 1 aliphatic heterocycles. The van der Waals surface area contributed by atoms with Gasteiger partial charge in [0, 0.05) is 19.6 Å². The van der Waals surface area contributed by atoms with Gasteiger partial charge in [0.25, 0.3) is 0 Å². The first-order valence-corrected chi connectivity index (χ1v) is 7.65. The first-order chi connectivity index (χ1) is 10.7. The molecule has 1 N–H and O–H groups in total. The molecule has 126 valence electrons. The molecule has 0 bridgehead atoms. The molecule has 0 aromatic heterocycles. The number of carboxylic acid groups (broad SMARTS) is 1. The van der Waals surface area contributed by atoms with Gasteiger partial charge >= 0.3 is 12.0 Å². The molecule has 6 nitrogen and oxygen atoms in total. The number of benzene rings is 1. The molecule has 1 saturated heterocycles. The Morgan fingerprint density at radius 1 is 1.35 bits per heavy atom. The quantitative estimate of drug-likeness (QED) is 0.904. The van der Waals surface area contributed by atoms with E-state index in [-0.39, 0.29) is 6.03 Å². The molecule has 1 heterocycles. The van der Waals surface area contributed by atoms with E-state index in [9.17, 15) is 14.7 Å². The van der Waals surface area contributed by atoms with Gasteiger partial charge in [-0.2, -0.15) is 0 Å². The highest BCUT2D eigenvalue weighted by molar-refractivity contribution is 5.84. The van der Waals surface area contributed by atoms with Gasteiger partial charge in [0.15, 0.2) is 0 Å². The van der Waals surface area contributed by atoms with Crippen molar-refractivity contribution in [3.63, 3.8) is 0 Å². The summed E-state index contributed by atoms with van der Waals surface area (Å²) in [5.74, 6) is -0.224. The molecule has 1 fully saturated rings. The minimum Gasteiger partial charge on any atom is -0.497 e. The van der Waals surface area contributed by atoms with Crippen molar-refractivity contribution in [1.29, 1.82) is 0 Å². The Bertz CT molecular complexity index is 595. The van der Waals surface area contributed by atoms with Crippen molar-refractivity contribution in [2.75, 3.05) is 20.2 Å². The van der Waals surface area contributed by atoms with Crippen LogP contribution in [0.25, 0.3) is 0 Å². The molecule has 1 aromatic rings. The van der Waals surface area contributed by atoms with Crippen molar-refractivity contribution < 1.29 is 19.4 Å². The zero-order valence-corrected chi connectivity index (χ0v) is 14.1. The maximum absolute atomic E-state index is 12.6. The highest BCUT2D eigenvalue weighted by Crippen LogP contribution is 2.28. The normalized spacial score (nSPS) is 16.6. The third-order valence-electron chi connectivity index (χ3n) is 4.00. The van der Waals surface area contributed by atoms with E-state index < -0.39 is 17.4 Å².